The second kappa shape index (κ2) is 16.1. The van der Waals surface area contributed by atoms with Crippen molar-refractivity contribution in [1.82, 2.24) is 0 Å². The Morgan fingerprint density at radius 3 is 1.80 bits per heavy atom. The molecule has 3 aliphatic rings. The van der Waals surface area contributed by atoms with E-state index in [9.17, 15) is 0 Å². The molecule has 1 atom stereocenters. The van der Waals surface area contributed by atoms with Gasteiger partial charge < -0.3 is 5.32 Å². The summed E-state index contributed by atoms with van der Waals surface area (Å²) in [6.07, 6.45) is 10.7. The molecule has 0 aromatic heterocycles. The fourth-order valence-corrected chi connectivity index (χ4v) is 12.0. The van der Waals surface area contributed by atoms with Crippen LogP contribution in [0.15, 0.2) is 249 Å². The fourth-order valence-electron chi connectivity index (χ4n) is 12.0. The van der Waals surface area contributed by atoms with Crippen LogP contribution in [0.4, 0.5) is 5.69 Å². The molecule has 0 saturated carbocycles. The van der Waals surface area contributed by atoms with Crippen molar-refractivity contribution in [2.24, 2.45) is 0 Å². The van der Waals surface area contributed by atoms with Crippen LogP contribution in [0.2, 0.25) is 0 Å². The Morgan fingerprint density at radius 2 is 1.01 bits per heavy atom. The van der Waals surface area contributed by atoms with E-state index in [2.05, 4.69) is 268 Å². The molecule has 0 fully saturated rings. The summed E-state index contributed by atoms with van der Waals surface area (Å²) in [4.78, 5) is 0. The summed E-state index contributed by atoms with van der Waals surface area (Å²) in [5, 5.41) is 6.21. The summed E-state index contributed by atoms with van der Waals surface area (Å²) in [5.74, 6) is 0. The first-order valence-electron chi connectivity index (χ1n) is 24.2. The first-order chi connectivity index (χ1) is 34.0. The lowest BCUT2D eigenvalue weighted by atomic mass is 9.70. The van der Waals surface area contributed by atoms with Gasteiger partial charge in [-0.3, -0.25) is 0 Å². The average Bonchev–Trinajstić information content (AvgIpc) is 3.97. The Bertz CT molecular complexity index is 3750. The van der Waals surface area contributed by atoms with Crippen molar-refractivity contribution in [1.29, 1.82) is 0 Å². The highest BCUT2D eigenvalue weighted by Gasteiger charge is 2.52. The van der Waals surface area contributed by atoms with Crippen LogP contribution in [-0.4, -0.2) is 0 Å². The van der Waals surface area contributed by atoms with Crippen LogP contribution in [0, 0.1) is 0 Å². The van der Waals surface area contributed by atoms with Crippen LogP contribution in [0.5, 0.6) is 0 Å². The summed E-state index contributed by atoms with van der Waals surface area (Å²) in [7, 11) is 0. The summed E-state index contributed by atoms with van der Waals surface area (Å²) >= 11 is 0. The highest BCUT2D eigenvalue weighted by atomic mass is 14.8. The van der Waals surface area contributed by atoms with Gasteiger partial charge in [-0.05, 0) is 141 Å². The zero-order chi connectivity index (χ0) is 46.1. The van der Waals surface area contributed by atoms with Crippen molar-refractivity contribution in [3.05, 3.63) is 293 Å². The van der Waals surface area contributed by atoms with Crippen LogP contribution in [0.3, 0.4) is 0 Å². The highest BCUT2D eigenvalue weighted by molar-refractivity contribution is 6.07. The van der Waals surface area contributed by atoms with Gasteiger partial charge in [0.2, 0.25) is 0 Å². The van der Waals surface area contributed by atoms with E-state index in [4.69, 9.17) is 0 Å². The lowest BCUT2D eigenvalue weighted by Crippen LogP contribution is -2.25. The molecule has 0 saturated heterocycles. The van der Waals surface area contributed by atoms with Gasteiger partial charge in [0.25, 0.3) is 0 Å². The number of rotatable bonds is 8. The summed E-state index contributed by atoms with van der Waals surface area (Å²) < 4.78 is 0. The van der Waals surface area contributed by atoms with E-state index in [0.29, 0.717) is 0 Å². The number of anilines is 1. The molecule has 69 heavy (non-hydrogen) atoms. The molecule has 0 amide bonds. The van der Waals surface area contributed by atoms with Crippen LogP contribution in [0.1, 0.15) is 58.4 Å². The Balaban J connectivity index is 0.817. The molecule has 0 aliphatic heterocycles. The number of hydrogen-bond donors (Lipinski definition) is 1. The maximum atomic E-state index is 3.61. The first-order valence-corrected chi connectivity index (χ1v) is 24.2. The van der Waals surface area contributed by atoms with E-state index >= 15 is 0 Å². The molecular weight excluding hydrogens is 831 g/mol. The van der Waals surface area contributed by atoms with Crippen LogP contribution in [0.25, 0.3) is 78.1 Å². The van der Waals surface area contributed by atoms with Gasteiger partial charge in [-0.1, -0.05) is 238 Å². The summed E-state index contributed by atoms with van der Waals surface area (Å²) in [6.45, 7) is 4.77. The minimum Gasteiger partial charge on any atom is -0.362 e. The first kappa shape index (κ1) is 40.7. The van der Waals surface area contributed by atoms with Crippen molar-refractivity contribution < 1.29 is 0 Å². The Kier molecular flexibility index (Phi) is 9.49. The van der Waals surface area contributed by atoms with E-state index < -0.39 is 5.41 Å². The largest absolute Gasteiger partial charge is 0.362 e. The third-order valence-electron chi connectivity index (χ3n) is 15.2. The molecule has 1 N–H and O–H groups in total. The van der Waals surface area contributed by atoms with E-state index in [-0.39, 0.29) is 5.41 Å². The van der Waals surface area contributed by atoms with Crippen molar-refractivity contribution in [3.63, 3.8) is 0 Å². The highest BCUT2D eigenvalue weighted by Crippen LogP contribution is 2.65. The molecule has 3 aliphatic carbocycles. The molecule has 326 valence electrons. The Hall–Kier alpha value is -8.52. The monoisotopic (exact) mass is 879 g/mol. The second-order valence-corrected chi connectivity index (χ2v) is 19.2. The molecule has 1 unspecified atom stereocenters. The Labute approximate surface area is 405 Å². The molecule has 10 aromatic rings. The van der Waals surface area contributed by atoms with Crippen molar-refractivity contribution in [3.8, 4) is 55.6 Å². The lowest BCUT2D eigenvalue weighted by Gasteiger charge is -2.30. The summed E-state index contributed by atoms with van der Waals surface area (Å²) in [5.41, 5.74) is 25.1. The molecule has 1 heteroatoms. The third-order valence-corrected chi connectivity index (χ3v) is 15.2. The normalized spacial score (nSPS) is 15.8. The number of allylic oxidation sites excluding steroid dienone is 4. The van der Waals surface area contributed by atoms with Gasteiger partial charge in [0.1, 0.15) is 0 Å². The molecule has 0 bridgehead atoms. The lowest BCUT2D eigenvalue weighted by molar-refractivity contribution is 0.661. The minimum atomic E-state index is -0.409. The fraction of sp³-hybridized carbons (Fsp3) is 0.0588. The van der Waals surface area contributed by atoms with Gasteiger partial charge in [0.15, 0.2) is 0 Å². The second-order valence-electron chi connectivity index (χ2n) is 19.2. The van der Waals surface area contributed by atoms with E-state index in [1.165, 1.54) is 105 Å². The van der Waals surface area contributed by atoms with Crippen LogP contribution in [-0.2, 0) is 10.8 Å². The number of hydrogen-bond acceptors (Lipinski definition) is 1. The average molecular weight is 880 g/mol. The van der Waals surface area contributed by atoms with Gasteiger partial charge in [-0.25, -0.2) is 0 Å². The number of benzene rings is 10. The molecule has 13 rings (SSSR count). The zero-order valence-electron chi connectivity index (χ0n) is 38.7. The SMILES string of the molecule is CC1(C)c2cc(N/C=C/C=C(\C=C/c3ccc(-c4ccccc4)cc3)c3ccccc3)ccc2-c2ccc(-c3cccc4c3-c3ccccc3C43c4ccccc4-c4c3ccc3ccccc43)cc21. The number of nitrogens with one attached hydrogen (secondary N) is 1. The molecule has 1 spiro atoms. The predicted octanol–water partition coefficient (Wildman–Crippen LogP) is 17.5. The van der Waals surface area contributed by atoms with E-state index in [1.54, 1.807) is 0 Å². The molecule has 1 nitrogen and oxygen atoms in total. The minimum absolute atomic E-state index is 0.200. The molecular formula is C68H49N. The number of fused-ring (bicyclic) bond motifs is 15. The summed E-state index contributed by atoms with van der Waals surface area (Å²) in [6, 6.07) is 82.9. The van der Waals surface area contributed by atoms with Crippen LogP contribution < -0.4 is 5.32 Å². The quantitative estimate of drug-likeness (QED) is 0.150. The smallest absolute Gasteiger partial charge is 0.0725 e. The van der Waals surface area contributed by atoms with Gasteiger partial charge in [-0.15, -0.1) is 0 Å². The maximum Gasteiger partial charge on any atom is 0.0725 e. The predicted molar refractivity (Wildman–Crippen MR) is 291 cm³/mol. The maximum absolute atomic E-state index is 3.61. The van der Waals surface area contributed by atoms with E-state index in [1.807, 2.05) is 6.20 Å². The Morgan fingerprint density at radius 1 is 0.420 bits per heavy atom. The topological polar surface area (TPSA) is 12.0 Å². The van der Waals surface area contributed by atoms with Gasteiger partial charge in [0, 0.05) is 17.3 Å². The van der Waals surface area contributed by atoms with Gasteiger partial charge >= 0.3 is 0 Å². The van der Waals surface area contributed by atoms with Crippen LogP contribution >= 0.6 is 0 Å². The molecule has 0 radical (unpaired) electrons. The third kappa shape index (κ3) is 6.38. The zero-order valence-corrected chi connectivity index (χ0v) is 38.7. The van der Waals surface area contributed by atoms with Crippen molar-refractivity contribution >= 4 is 28.1 Å². The van der Waals surface area contributed by atoms with Gasteiger partial charge in [0.05, 0.1) is 5.41 Å². The molecule has 0 heterocycles. The molecule has 10 aromatic carbocycles. The van der Waals surface area contributed by atoms with Crippen molar-refractivity contribution in [2.75, 3.05) is 5.32 Å². The standard InChI is InChI=1S/C68H49N/c1-67(2)63-43-51(54-26-15-29-61-66(54)58-25-12-14-28-60(58)68(61)59-27-13-11-24-57(59)65-53-23-10-9-21-50(53)37-41-62(65)68)36-39-55(63)56-40-38-52(44-64(56)67)69-42-16-22-48(46-17-5-3-6-18-46)33-30-45-31-34-49(35-32-45)47-19-7-4-8-20-47/h3-44,69H,1-2H3/b33-30-,42-16+,48-22+. The van der Waals surface area contributed by atoms with Gasteiger partial charge in [-0.2, -0.15) is 0 Å². The van der Waals surface area contributed by atoms with E-state index in [0.717, 1.165) is 16.8 Å². The van der Waals surface area contributed by atoms with Crippen molar-refractivity contribution in [2.45, 2.75) is 24.7 Å².